The van der Waals surface area contributed by atoms with Crippen LogP contribution >= 0.6 is 0 Å². The summed E-state index contributed by atoms with van der Waals surface area (Å²) in [4.78, 5) is 3.89. The van der Waals surface area contributed by atoms with Crippen LogP contribution in [0.15, 0.2) is 60.6 Å². The Bertz CT molecular complexity index is 815. The van der Waals surface area contributed by atoms with E-state index in [1.807, 2.05) is 0 Å². The number of benzene rings is 1. The fourth-order valence-corrected chi connectivity index (χ4v) is 2.29. The van der Waals surface area contributed by atoms with E-state index in [9.17, 15) is 26.3 Å². The van der Waals surface area contributed by atoms with E-state index in [1.165, 1.54) is 12.2 Å². The molecule has 0 spiro atoms. The van der Waals surface area contributed by atoms with Crippen LogP contribution in [0.3, 0.4) is 0 Å². The van der Waals surface area contributed by atoms with Crippen LogP contribution in [0.25, 0.3) is 5.57 Å². The molecule has 0 aliphatic heterocycles. The van der Waals surface area contributed by atoms with E-state index in [0.717, 1.165) is 0 Å². The second kappa shape index (κ2) is 5.94. The lowest BCUT2D eigenvalue weighted by molar-refractivity contribution is -0.143. The van der Waals surface area contributed by atoms with Gasteiger partial charge in [0.1, 0.15) is 0 Å². The van der Waals surface area contributed by atoms with E-state index in [2.05, 4.69) is 10.3 Å². The average Bonchev–Trinajstić information content (AvgIpc) is 2.49. The van der Waals surface area contributed by atoms with Crippen LogP contribution in [-0.4, -0.2) is 4.98 Å². The van der Waals surface area contributed by atoms with Crippen molar-refractivity contribution < 1.29 is 26.3 Å². The van der Waals surface area contributed by atoms with Gasteiger partial charge in [0.15, 0.2) is 0 Å². The first kappa shape index (κ1) is 17.1. The molecule has 130 valence electrons. The lowest BCUT2D eigenvalue weighted by Crippen LogP contribution is -2.12. The molecule has 1 aromatic heterocycles. The molecule has 0 saturated carbocycles. The zero-order valence-electron chi connectivity index (χ0n) is 12.4. The van der Waals surface area contributed by atoms with Gasteiger partial charge in [0.05, 0.1) is 23.0 Å². The number of hydrogen-bond acceptors (Lipinski definition) is 2. The minimum atomic E-state index is -4.86. The van der Waals surface area contributed by atoms with Crippen molar-refractivity contribution in [3.05, 3.63) is 77.3 Å². The van der Waals surface area contributed by atoms with E-state index < -0.39 is 23.5 Å². The number of nitrogens with one attached hydrogen (secondary N) is 1. The molecule has 1 N–H and O–H groups in total. The second-order valence-corrected chi connectivity index (χ2v) is 5.36. The molecule has 1 aliphatic rings. The highest BCUT2D eigenvalue weighted by molar-refractivity contribution is 5.85. The van der Waals surface area contributed by atoms with Crippen molar-refractivity contribution >= 4 is 11.3 Å². The Morgan fingerprint density at radius 3 is 1.92 bits per heavy atom. The molecule has 1 aromatic carbocycles. The van der Waals surface area contributed by atoms with Gasteiger partial charge in [-0.1, -0.05) is 0 Å². The molecule has 0 amide bonds. The van der Waals surface area contributed by atoms with E-state index in [0.29, 0.717) is 23.5 Å². The average molecular weight is 356 g/mol. The van der Waals surface area contributed by atoms with Gasteiger partial charge in [-0.2, -0.15) is 26.3 Å². The first-order chi connectivity index (χ1) is 11.6. The summed E-state index contributed by atoms with van der Waals surface area (Å²) in [5.41, 5.74) is -1.31. The van der Waals surface area contributed by atoms with Gasteiger partial charge in [0.25, 0.3) is 0 Å². The maximum Gasteiger partial charge on any atom is 0.416 e. The largest absolute Gasteiger partial charge is 0.416 e. The third-order valence-electron chi connectivity index (χ3n) is 3.49. The van der Waals surface area contributed by atoms with Crippen molar-refractivity contribution in [2.75, 3.05) is 5.32 Å². The molecule has 0 bridgehead atoms. The molecule has 1 heterocycles. The zero-order chi connectivity index (χ0) is 18.2. The van der Waals surface area contributed by atoms with Crippen LogP contribution < -0.4 is 5.32 Å². The maximum absolute atomic E-state index is 12.9. The Balaban J connectivity index is 1.87. The van der Waals surface area contributed by atoms with Crippen molar-refractivity contribution in [2.24, 2.45) is 0 Å². The van der Waals surface area contributed by atoms with Crippen LogP contribution in [-0.2, 0) is 12.4 Å². The van der Waals surface area contributed by atoms with Crippen LogP contribution in [0, 0.1) is 0 Å². The molecule has 0 atom stereocenters. The Labute approximate surface area is 138 Å². The summed E-state index contributed by atoms with van der Waals surface area (Å²) in [7, 11) is 0. The number of aromatic nitrogens is 1. The SMILES string of the molecule is FC(F)(F)c1cc(C2=CC(Nc3cccnc3)=C2)cc(C(F)(F)F)c1. The Kier molecular flexibility index (Phi) is 4.06. The summed E-state index contributed by atoms with van der Waals surface area (Å²) in [6, 6.07) is 4.94. The number of rotatable bonds is 3. The van der Waals surface area contributed by atoms with Crippen molar-refractivity contribution in [2.45, 2.75) is 12.4 Å². The molecule has 25 heavy (non-hydrogen) atoms. The van der Waals surface area contributed by atoms with Crippen molar-refractivity contribution in [3.63, 3.8) is 0 Å². The molecule has 0 unspecified atom stereocenters. The summed E-state index contributed by atoms with van der Waals surface area (Å²) < 4.78 is 77.2. The molecule has 2 aromatic rings. The number of nitrogens with zero attached hydrogens (tertiary/aromatic N) is 1. The van der Waals surface area contributed by atoms with Crippen LogP contribution in [0.1, 0.15) is 16.7 Å². The van der Waals surface area contributed by atoms with E-state index in [1.54, 1.807) is 24.5 Å². The molecule has 2 nitrogen and oxygen atoms in total. The summed E-state index contributed by atoms with van der Waals surface area (Å²) in [5, 5.41) is 2.95. The van der Waals surface area contributed by atoms with Crippen molar-refractivity contribution in [1.29, 1.82) is 0 Å². The fourth-order valence-electron chi connectivity index (χ4n) is 2.29. The van der Waals surface area contributed by atoms with Crippen LogP contribution in [0.5, 0.6) is 0 Å². The van der Waals surface area contributed by atoms with Gasteiger partial charge in [-0.15, -0.1) is 0 Å². The minimum absolute atomic E-state index is 0.112. The lowest BCUT2D eigenvalue weighted by Gasteiger charge is -2.20. The standard InChI is InChI=1S/C17H10F6N2/c18-16(19,20)12-4-10(5-13(8-12)17(21,22)23)11-6-15(7-11)25-14-2-1-3-24-9-14/h1-9,25H. The van der Waals surface area contributed by atoms with Gasteiger partial charge in [0, 0.05) is 11.9 Å². The van der Waals surface area contributed by atoms with Gasteiger partial charge in [-0.3, -0.25) is 4.98 Å². The van der Waals surface area contributed by atoms with Crippen molar-refractivity contribution in [1.82, 2.24) is 4.98 Å². The topological polar surface area (TPSA) is 24.9 Å². The maximum atomic E-state index is 12.9. The second-order valence-electron chi connectivity index (χ2n) is 5.36. The molecular weight excluding hydrogens is 346 g/mol. The minimum Gasteiger partial charge on any atom is -0.354 e. The molecule has 8 heteroatoms. The Morgan fingerprint density at radius 2 is 1.44 bits per heavy atom. The number of pyridine rings is 1. The summed E-state index contributed by atoms with van der Waals surface area (Å²) >= 11 is 0. The first-order valence-corrected chi connectivity index (χ1v) is 7.03. The smallest absolute Gasteiger partial charge is 0.354 e. The van der Waals surface area contributed by atoms with Gasteiger partial charge in [-0.25, -0.2) is 0 Å². The van der Waals surface area contributed by atoms with Crippen LogP contribution in [0.4, 0.5) is 32.0 Å². The number of allylic oxidation sites excluding steroid dienone is 3. The fraction of sp³-hybridized carbons (Fsp3) is 0.118. The molecule has 0 radical (unpaired) electrons. The molecule has 0 saturated heterocycles. The predicted molar refractivity (Wildman–Crippen MR) is 80.4 cm³/mol. The molecule has 1 aliphatic carbocycles. The number of halogens is 6. The van der Waals surface area contributed by atoms with E-state index in [-0.39, 0.29) is 17.2 Å². The number of hydrogen-bond donors (Lipinski definition) is 1. The van der Waals surface area contributed by atoms with Gasteiger partial charge in [0.2, 0.25) is 0 Å². The van der Waals surface area contributed by atoms with Crippen molar-refractivity contribution in [3.8, 4) is 0 Å². The number of alkyl halides is 6. The Hall–Kier alpha value is -2.77. The highest BCUT2D eigenvalue weighted by Gasteiger charge is 2.37. The first-order valence-electron chi connectivity index (χ1n) is 7.03. The third kappa shape index (κ3) is 3.84. The summed E-state index contributed by atoms with van der Waals surface area (Å²) in [6.45, 7) is 0. The third-order valence-corrected chi connectivity index (χ3v) is 3.49. The van der Waals surface area contributed by atoms with Crippen LogP contribution in [0.2, 0.25) is 0 Å². The summed E-state index contributed by atoms with van der Waals surface area (Å²) in [6.07, 6.45) is -3.66. The predicted octanol–water partition coefficient (Wildman–Crippen LogP) is 5.51. The molecular formula is C17H10F6N2. The quantitative estimate of drug-likeness (QED) is 0.734. The molecule has 0 fully saturated rings. The van der Waals surface area contributed by atoms with E-state index >= 15 is 0 Å². The monoisotopic (exact) mass is 356 g/mol. The Morgan fingerprint density at radius 1 is 0.840 bits per heavy atom. The van der Waals surface area contributed by atoms with E-state index in [4.69, 9.17) is 0 Å². The van der Waals surface area contributed by atoms with Gasteiger partial charge in [-0.05, 0) is 53.6 Å². The van der Waals surface area contributed by atoms with Gasteiger partial charge < -0.3 is 5.32 Å². The zero-order valence-corrected chi connectivity index (χ0v) is 12.4. The number of anilines is 1. The highest BCUT2D eigenvalue weighted by atomic mass is 19.4. The normalized spacial score (nSPS) is 14.5. The molecule has 3 rings (SSSR count). The van der Waals surface area contributed by atoms with Gasteiger partial charge >= 0.3 is 12.4 Å². The summed E-state index contributed by atoms with van der Waals surface area (Å²) in [5.74, 6) is 0. The lowest BCUT2D eigenvalue weighted by atomic mass is 9.93. The highest BCUT2D eigenvalue weighted by Crippen LogP contribution is 2.39.